The first-order chi connectivity index (χ1) is 13.1. The molecule has 0 radical (unpaired) electrons. The summed E-state index contributed by atoms with van der Waals surface area (Å²) in [5.41, 5.74) is 0.499. The summed E-state index contributed by atoms with van der Waals surface area (Å²) in [7, 11) is 0. The van der Waals surface area contributed by atoms with Crippen molar-refractivity contribution in [3.05, 3.63) is 35.9 Å². The average molecular weight is 395 g/mol. The van der Waals surface area contributed by atoms with Gasteiger partial charge in [-0.15, -0.1) is 0 Å². The van der Waals surface area contributed by atoms with Crippen molar-refractivity contribution < 1.29 is 28.5 Å². The minimum absolute atomic E-state index is 0.123. The van der Waals surface area contributed by atoms with Gasteiger partial charge in [0.25, 0.3) is 0 Å². The lowest BCUT2D eigenvalue weighted by Crippen LogP contribution is -2.44. The van der Waals surface area contributed by atoms with Gasteiger partial charge in [0.2, 0.25) is 0 Å². The van der Waals surface area contributed by atoms with E-state index in [4.69, 9.17) is 23.7 Å². The van der Waals surface area contributed by atoms with Crippen molar-refractivity contribution in [1.82, 2.24) is 5.32 Å². The molecule has 7 heteroatoms. The lowest BCUT2D eigenvalue weighted by Gasteiger charge is -2.24. The highest BCUT2D eigenvalue weighted by Gasteiger charge is 2.32. The zero-order chi connectivity index (χ0) is 20.6. The summed E-state index contributed by atoms with van der Waals surface area (Å²) in [5.74, 6) is -0.582. The van der Waals surface area contributed by atoms with Gasteiger partial charge >= 0.3 is 6.09 Å². The third kappa shape index (κ3) is 9.01. The summed E-state index contributed by atoms with van der Waals surface area (Å²) >= 11 is 0. The normalized spacial score (nSPS) is 20.0. The highest BCUT2D eigenvalue weighted by Crippen LogP contribution is 2.22. The minimum Gasteiger partial charge on any atom is -0.444 e. The summed E-state index contributed by atoms with van der Waals surface area (Å²) in [4.78, 5) is 12.1. The van der Waals surface area contributed by atoms with Crippen LogP contribution in [-0.2, 0) is 30.3 Å². The Morgan fingerprint density at radius 2 is 1.89 bits per heavy atom. The first-order valence-corrected chi connectivity index (χ1v) is 9.64. The molecule has 7 nitrogen and oxygen atoms in total. The van der Waals surface area contributed by atoms with Crippen LogP contribution in [0.15, 0.2) is 30.3 Å². The fourth-order valence-corrected chi connectivity index (χ4v) is 2.69. The van der Waals surface area contributed by atoms with Crippen LogP contribution in [-0.4, -0.2) is 56.1 Å². The molecule has 158 valence electrons. The van der Waals surface area contributed by atoms with Gasteiger partial charge in [-0.05, 0) is 40.2 Å². The van der Waals surface area contributed by atoms with Gasteiger partial charge < -0.3 is 29.0 Å². The molecule has 1 aromatic rings. The van der Waals surface area contributed by atoms with Gasteiger partial charge in [0, 0.05) is 0 Å². The van der Waals surface area contributed by atoms with Crippen molar-refractivity contribution in [1.29, 1.82) is 0 Å². The van der Waals surface area contributed by atoms with Crippen molar-refractivity contribution in [3.8, 4) is 0 Å². The molecule has 0 unspecified atom stereocenters. The largest absolute Gasteiger partial charge is 0.444 e. The number of hydrogen-bond donors (Lipinski definition) is 1. The van der Waals surface area contributed by atoms with E-state index >= 15 is 0 Å². The second-order valence-corrected chi connectivity index (χ2v) is 8.33. The van der Waals surface area contributed by atoms with Gasteiger partial charge in [-0.3, -0.25) is 0 Å². The molecule has 1 aliphatic rings. The Morgan fingerprint density at radius 3 is 2.50 bits per heavy atom. The van der Waals surface area contributed by atoms with E-state index in [-0.39, 0.29) is 18.8 Å². The lowest BCUT2D eigenvalue weighted by molar-refractivity contribution is -0.145. The van der Waals surface area contributed by atoms with Crippen LogP contribution in [0.1, 0.15) is 40.2 Å². The molecule has 0 aromatic heterocycles. The Balaban J connectivity index is 1.79. The van der Waals surface area contributed by atoms with E-state index in [0.717, 1.165) is 5.56 Å². The van der Waals surface area contributed by atoms with Crippen LogP contribution in [0.5, 0.6) is 0 Å². The number of carbonyl (C=O) groups excluding carboxylic acids is 1. The Hall–Kier alpha value is -1.67. The van der Waals surface area contributed by atoms with E-state index in [1.165, 1.54) is 0 Å². The summed E-state index contributed by atoms with van der Waals surface area (Å²) in [6.45, 7) is 11.1. The van der Waals surface area contributed by atoms with E-state index in [0.29, 0.717) is 26.4 Å². The van der Waals surface area contributed by atoms with Crippen LogP contribution >= 0.6 is 0 Å². The van der Waals surface area contributed by atoms with Crippen molar-refractivity contribution in [3.63, 3.8) is 0 Å². The molecule has 1 aromatic carbocycles. The zero-order valence-electron chi connectivity index (χ0n) is 17.5. The third-order valence-electron chi connectivity index (χ3n) is 3.84. The number of hydrogen-bond acceptors (Lipinski definition) is 6. The number of nitrogens with one attached hydrogen (secondary N) is 1. The predicted octanol–water partition coefficient (Wildman–Crippen LogP) is 3.26. The molecule has 1 N–H and O–H groups in total. The van der Waals surface area contributed by atoms with E-state index in [1.54, 1.807) is 0 Å². The number of carbonyl (C=O) groups is 1. The molecule has 1 saturated heterocycles. The number of amides is 1. The summed E-state index contributed by atoms with van der Waals surface area (Å²) in [5, 5.41) is 2.82. The standard InChI is InChI=1S/C21H33NO6/c1-20(2,3)28-19(23)22-17(12-24-11-16-9-7-6-8-10-16)13-25-14-18-15-26-21(4,5)27-18/h6-10,17-18H,11-15H2,1-5H3,(H,22,23)/t17-,18+/m0/s1. The summed E-state index contributed by atoms with van der Waals surface area (Å²) < 4.78 is 28.1. The molecule has 0 aliphatic carbocycles. The molecule has 1 amide bonds. The molecule has 2 rings (SSSR count). The van der Waals surface area contributed by atoms with E-state index < -0.39 is 17.5 Å². The molecular formula is C21H33NO6. The van der Waals surface area contributed by atoms with Crippen LogP contribution in [0.25, 0.3) is 0 Å². The minimum atomic E-state index is -0.582. The van der Waals surface area contributed by atoms with Crippen LogP contribution in [0, 0.1) is 0 Å². The van der Waals surface area contributed by atoms with Crippen LogP contribution in [0.3, 0.4) is 0 Å². The first kappa shape index (κ1) is 22.6. The van der Waals surface area contributed by atoms with Crippen molar-refractivity contribution in [2.45, 2.75) is 64.8 Å². The molecule has 1 aliphatic heterocycles. The predicted molar refractivity (Wildman–Crippen MR) is 105 cm³/mol. The second-order valence-electron chi connectivity index (χ2n) is 8.33. The molecule has 28 heavy (non-hydrogen) atoms. The Morgan fingerprint density at radius 1 is 1.21 bits per heavy atom. The van der Waals surface area contributed by atoms with Crippen LogP contribution in [0.4, 0.5) is 4.79 Å². The fraction of sp³-hybridized carbons (Fsp3) is 0.667. The molecular weight excluding hydrogens is 362 g/mol. The van der Waals surface area contributed by atoms with Crippen molar-refractivity contribution in [2.75, 3.05) is 26.4 Å². The Labute approximate surface area is 167 Å². The highest BCUT2D eigenvalue weighted by molar-refractivity contribution is 5.68. The average Bonchev–Trinajstić information content (AvgIpc) is 2.93. The molecule has 1 fully saturated rings. The van der Waals surface area contributed by atoms with E-state index in [1.807, 2.05) is 65.0 Å². The van der Waals surface area contributed by atoms with Gasteiger partial charge in [-0.1, -0.05) is 30.3 Å². The molecule has 2 atom stereocenters. The Bertz CT molecular complexity index is 599. The Kier molecular flexibility index (Phi) is 8.24. The van der Waals surface area contributed by atoms with Crippen molar-refractivity contribution in [2.24, 2.45) is 0 Å². The zero-order valence-corrected chi connectivity index (χ0v) is 17.5. The summed E-state index contributed by atoms with van der Waals surface area (Å²) in [6, 6.07) is 9.53. The van der Waals surface area contributed by atoms with E-state index in [9.17, 15) is 4.79 Å². The van der Waals surface area contributed by atoms with Gasteiger partial charge in [0.05, 0.1) is 39.1 Å². The highest BCUT2D eigenvalue weighted by atomic mass is 16.7. The maximum Gasteiger partial charge on any atom is 0.408 e. The topological polar surface area (TPSA) is 75.3 Å². The fourth-order valence-electron chi connectivity index (χ4n) is 2.69. The SMILES string of the molecule is CC(C)(C)OC(=O)N[C@@H](COCc1ccccc1)COC[C@@H]1COC(C)(C)O1. The van der Waals surface area contributed by atoms with Gasteiger partial charge in [-0.25, -0.2) is 4.79 Å². The molecule has 1 heterocycles. The monoisotopic (exact) mass is 395 g/mol. The van der Waals surface area contributed by atoms with Gasteiger partial charge in [0.15, 0.2) is 5.79 Å². The number of rotatable bonds is 9. The van der Waals surface area contributed by atoms with Gasteiger partial charge in [-0.2, -0.15) is 0 Å². The quantitative estimate of drug-likeness (QED) is 0.692. The van der Waals surface area contributed by atoms with Crippen LogP contribution in [0.2, 0.25) is 0 Å². The van der Waals surface area contributed by atoms with Gasteiger partial charge in [0.1, 0.15) is 11.7 Å². The first-order valence-electron chi connectivity index (χ1n) is 9.64. The number of benzene rings is 1. The van der Waals surface area contributed by atoms with E-state index in [2.05, 4.69) is 5.32 Å². The summed E-state index contributed by atoms with van der Waals surface area (Å²) in [6.07, 6.45) is -0.617. The second kappa shape index (κ2) is 10.2. The number of ether oxygens (including phenoxy) is 5. The maximum absolute atomic E-state index is 12.1. The lowest BCUT2D eigenvalue weighted by atomic mass is 10.2. The molecule has 0 saturated carbocycles. The number of alkyl carbamates (subject to hydrolysis) is 1. The smallest absolute Gasteiger partial charge is 0.408 e. The third-order valence-corrected chi connectivity index (χ3v) is 3.84. The van der Waals surface area contributed by atoms with Crippen molar-refractivity contribution >= 4 is 6.09 Å². The van der Waals surface area contributed by atoms with Crippen LogP contribution < -0.4 is 5.32 Å². The molecule has 0 bridgehead atoms. The maximum atomic E-state index is 12.1. The molecule has 0 spiro atoms.